The summed E-state index contributed by atoms with van der Waals surface area (Å²) in [6.07, 6.45) is 3.70. The minimum absolute atomic E-state index is 0.0810. The molecule has 100 valence electrons. The van der Waals surface area contributed by atoms with Gasteiger partial charge in [0, 0.05) is 19.2 Å². The first-order valence-corrected chi connectivity index (χ1v) is 6.27. The van der Waals surface area contributed by atoms with E-state index in [4.69, 9.17) is 4.74 Å². The van der Waals surface area contributed by atoms with Crippen molar-refractivity contribution in [3.63, 3.8) is 0 Å². The minimum Gasteiger partial charge on any atom is -0.377 e. The molecule has 1 aromatic rings. The Kier molecular flexibility index (Phi) is 3.97. The molecule has 2 nitrogen and oxygen atoms in total. The zero-order valence-electron chi connectivity index (χ0n) is 10.8. The number of methoxy groups -OCH3 is 1. The van der Waals surface area contributed by atoms with Crippen molar-refractivity contribution in [3.8, 4) is 0 Å². The molecule has 1 N–H and O–H groups in total. The predicted octanol–water partition coefficient (Wildman–Crippen LogP) is 2.66. The first kappa shape index (κ1) is 13.4. The van der Waals surface area contributed by atoms with Crippen LogP contribution in [0.5, 0.6) is 0 Å². The van der Waals surface area contributed by atoms with E-state index >= 15 is 0 Å². The Bertz CT molecular complexity index is 392. The molecule has 0 aromatic heterocycles. The summed E-state index contributed by atoms with van der Waals surface area (Å²) in [5.74, 6) is -1.06. The normalized spacial score (nSPS) is 19.3. The van der Waals surface area contributed by atoms with Crippen molar-refractivity contribution in [2.24, 2.45) is 0 Å². The number of hydrogen-bond donors (Lipinski definition) is 1. The second-order valence-corrected chi connectivity index (χ2v) is 4.95. The Labute approximate surface area is 106 Å². The van der Waals surface area contributed by atoms with E-state index in [9.17, 15) is 8.78 Å². The van der Waals surface area contributed by atoms with E-state index in [-0.39, 0.29) is 11.6 Å². The van der Waals surface area contributed by atoms with Crippen LogP contribution in [0.1, 0.15) is 24.8 Å². The monoisotopic (exact) mass is 255 g/mol. The van der Waals surface area contributed by atoms with Crippen molar-refractivity contribution in [2.75, 3.05) is 14.2 Å². The zero-order valence-corrected chi connectivity index (χ0v) is 10.8. The Balaban J connectivity index is 2.15. The molecule has 0 heterocycles. The molecular weight excluding hydrogens is 236 g/mol. The highest BCUT2D eigenvalue weighted by atomic mass is 19.1. The Morgan fingerprint density at radius 2 is 1.89 bits per heavy atom. The summed E-state index contributed by atoms with van der Waals surface area (Å²) in [6, 6.07) is 3.75. The molecule has 1 aliphatic carbocycles. The summed E-state index contributed by atoms with van der Waals surface area (Å²) in [4.78, 5) is 0. The van der Waals surface area contributed by atoms with Gasteiger partial charge in [0.2, 0.25) is 0 Å². The van der Waals surface area contributed by atoms with Crippen LogP contribution in [0.15, 0.2) is 18.2 Å². The summed E-state index contributed by atoms with van der Waals surface area (Å²) in [5.41, 5.74) is 0.479. The number of halogens is 2. The maximum atomic E-state index is 13.2. The third-order valence-electron chi connectivity index (χ3n) is 3.95. The lowest BCUT2D eigenvalue weighted by atomic mass is 9.72. The molecule has 1 unspecified atom stereocenters. The molecule has 0 spiro atoms. The highest BCUT2D eigenvalue weighted by molar-refractivity contribution is 5.20. The number of benzene rings is 1. The average molecular weight is 255 g/mol. The van der Waals surface area contributed by atoms with Gasteiger partial charge in [0.1, 0.15) is 11.6 Å². The second kappa shape index (κ2) is 5.33. The van der Waals surface area contributed by atoms with Crippen LogP contribution >= 0.6 is 0 Å². The Morgan fingerprint density at radius 3 is 2.28 bits per heavy atom. The molecule has 1 atom stereocenters. The van der Waals surface area contributed by atoms with E-state index in [1.165, 1.54) is 12.1 Å². The van der Waals surface area contributed by atoms with Crippen LogP contribution in [0.2, 0.25) is 0 Å². The molecule has 0 aliphatic heterocycles. The maximum absolute atomic E-state index is 13.2. The highest BCUT2D eigenvalue weighted by Gasteiger charge is 2.43. The van der Waals surface area contributed by atoms with Gasteiger partial charge in [-0.15, -0.1) is 0 Å². The molecule has 1 aliphatic rings. The SMILES string of the molecule is CNC(Cc1cc(F)cc(F)c1)C1(OC)CCC1. The van der Waals surface area contributed by atoms with Crippen molar-refractivity contribution < 1.29 is 13.5 Å². The van der Waals surface area contributed by atoms with Gasteiger partial charge in [-0.3, -0.25) is 0 Å². The molecule has 0 bridgehead atoms. The van der Waals surface area contributed by atoms with Gasteiger partial charge in [0.15, 0.2) is 0 Å². The standard InChI is InChI=1S/C14H19F2NO/c1-17-13(14(18-2)4-3-5-14)8-10-6-11(15)9-12(16)7-10/h6-7,9,13,17H,3-5,8H2,1-2H3. The fourth-order valence-electron chi connectivity index (χ4n) is 2.74. The summed E-state index contributed by atoms with van der Waals surface area (Å²) in [5, 5.41) is 3.21. The predicted molar refractivity (Wildman–Crippen MR) is 66.5 cm³/mol. The fourth-order valence-corrected chi connectivity index (χ4v) is 2.74. The number of rotatable bonds is 5. The molecular formula is C14H19F2NO. The lowest BCUT2D eigenvalue weighted by Crippen LogP contribution is -2.56. The van der Waals surface area contributed by atoms with Crippen LogP contribution in [0.4, 0.5) is 8.78 Å². The van der Waals surface area contributed by atoms with Crippen molar-refractivity contribution in [3.05, 3.63) is 35.4 Å². The molecule has 1 saturated carbocycles. The molecule has 0 radical (unpaired) electrons. The molecule has 0 amide bonds. The van der Waals surface area contributed by atoms with Gasteiger partial charge >= 0.3 is 0 Å². The molecule has 2 rings (SSSR count). The van der Waals surface area contributed by atoms with Gasteiger partial charge in [-0.2, -0.15) is 0 Å². The first-order chi connectivity index (χ1) is 8.59. The topological polar surface area (TPSA) is 21.3 Å². The number of hydrogen-bond acceptors (Lipinski definition) is 2. The molecule has 4 heteroatoms. The summed E-state index contributed by atoms with van der Waals surface area (Å²) in [7, 11) is 3.56. The largest absolute Gasteiger partial charge is 0.377 e. The number of ether oxygens (including phenoxy) is 1. The minimum atomic E-state index is -0.528. The van der Waals surface area contributed by atoms with Gasteiger partial charge in [-0.1, -0.05) is 0 Å². The van der Waals surface area contributed by atoms with Gasteiger partial charge in [0.05, 0.1) is 5.60 Å². The summed E-state index contributed by atoms with van der Waals surface area (Å²) < 4.78 is 31.9. The van der Waals surface area contributed by atoms with E-state index in [2.05, 4.69) is 5.32 Å². The lowest BCUT2D eigenvalue weighted by Gasteiger charge is -2.46. The van der Waals surface area contributed by atoms with Gasteiger partial charge in [-0.05, 0) is 50.4 Å². The van der Waals surface area contributed by atoms with E-state index in [1.54, 1.807) is 7.11 Å². The van der Waals surface area contributed by atoms with Crippen molar-refractivity contribution in [2.45, 2.75) is 37.3 Å². The lowest BCUT2D eigenvalue weighted by molar-refractivity contribution is -0.0966. The van der Waals surface area contributed by atoms with Crippen LogP contribution in [0, 0.1) is 11.6 Å². The van der Waals surface area contributed by atoms with E-state index in [1.807, 2.05) is 7.05 Å². The molecule has 0 saturated heterocycles. The number of nitrogens with one attached hydrogen (secondary N) is 1. The Morgan fingerprint density at radius 1 is 1.28 bits per heavy atom. The smallest absolute Gasteiger partial charge is 0.126 e. The molecule has 18 heavy (non-hydrogen) atoms. The van der Waals surface area contributed by atoms with E-state index in [0.29, 0.717) is 12.0 Å². The van der Waals surface area contributed by atoms with E-state index in [0.717, 1.165) is 25.3 Å². The Hall–Kier alpha value is -1.00. The van der Waals surface area contributed by atoms with Crippen LogP contribution in [0.3, 0.4) is 0 Å². The van der Waals surface area contributed by atoms with Crippen LogP contribution < -0.4 is 5.32 Å². The number of likely N-dealkylation sites (N-methyl/N-ethyl adjacent to an activating group) is 1. The first-order valence-electron chi connectivity index (χ1n) is 6.27. The van der Waals surface area contributed by atoms with Crippen molar-refractivity contribution in [1.82, 2.24) is 5.32 Å². The van der Waals surface area contributed by atoms with Gasteiger partial charge in [-0.25, -0.2) is 8.78 Å². The average Bonchev–Trinajstić information content (AvgIpc) is 2.25. The summed E-state index contributed by atoms with van der Waals surface area (Å²) >= 11 is 0. The van der Waals surface area contributed by atoms with Crippen LogP contribution in [0.25, 0.3) is 0 Å². The van der Waals surface area contributed by atoms with Gasteiger partial charge < -0.3 is 10.1 Å². The van der Waals surface area contributed by atoms with E-state index < -0.39 is 11.6 Å². The second-order valence-electron chi connectivity index (χ2n) is 4.95. The third kappa shape index (κ3) is 2.54. The van der Waals surface area contributed by atoms with Crippen LogP contribution in [-0.4, -0.2) is 25.8 Å². The summed E-state index contributed by atoms with van der Waals surface area (Å²) in [6.45, 7) is 0. The van der Waals surface area contributed by atoms with Crippen LogP contribution in [-0.2, 0) is 11.2 Å². The maximum Gasteiger partial charge on any atom is 0.126 e. The molecule has 1 fully saturated rings. The molecule has 1 aromatic carbocycles. The quantitative estimate of drug-likeness (QED) is 0.873. The third-order valence-corrected chi connectivity index (χ3v) is 3.95. The van der Waals surface area contributed by atoms with Gasteiger partial charge in [0.25, 0.3) is 0 Å². The zero-order chi connectivity index (χ0) is 13.2. The fraction of sp³-hybridized carbons (Fsp3) is 0.571. The highest BCUT2D eigenvalue weighted by Crippen LogP contribution is 2.39. The van der Waals surface area contributed by atoms with Crippen molar-refractivity contribution >= 4 is 0 Å². The van der Waals surface area contributed by atoms with Crippen molar-refractivity contribution in [1.29, 1.82) is 0 Å².